The zero-order chi connectivity index (χ0) is 14.7. The number of Topliss-reactive ketones (excluding diaryl/α,β-unsaturated/α-hetero) is 1. The van der Waals surface area contributed by atoms with Gasteiger partial charge in [-0.05, 0) is 45.4 Å². The van der Waals surface area contributed by atoms with Gasteiger partial charge in [0.15, 0.2) is 0 Å². The first kappa shape index (κ1) is 15.0. The van der Waals surface area contributed by atoms with Gasteiger partial charge in [0.2, 0.25) is 11.8 Å². The molecule has 0 radical (unpaired) electrons. The zero-order valence-electron chi connectivity index (χ0n) is 12.4. The summed E-state index contributed by atoms with van der Waals surface area (Å²) in [4.78, 5) is 36.7. The number of hydrogen-bond donors (Lipinski definition) is 1. The lowest BCUT2D eigenvalue weighted by molar-refractivity contribution is -0.137. The van der Waals surface area contributed by atoms with Gasteiger partial charge in [0, 0.05) is 25.4 Å². The molecule has 2 aliphatic rings. The first-order valence-corrected chi connectivity index (χ1v) is 7.57. The van der Waals surface area contributed by atoms with Crippen molar-refractivity contribution in [3.8, 4) is 0 Å². The molecule has 0 spiro atoms. The van der Waals surface area contributed by atoms with Crippen LogP contribution >= 0.6 is 0 Å². The number of amides is 2. The first-order valence-electron chi connectivity index (χ1n) is 7.57. The van der Waals surface area contributed by atoms with E-state index in [0.29, 0.717) is 6.54 Å². The molecule has 2 fully saturated rings. The Labute approximate surface area is 120 Å². The SMILES string of the molecule is CC(=O)N1CCC[C@H]1C(=O)N[C@H]1CC[C@H](C(C)=O)CC1. The van der Waals surface area contributed by atoms with Crippen LogP contribution in [0.1, 0.15) is 52.4 Å². The highest BCUT2D eigenvalue weighted by molar-refractivity contribution is 5.87. The second-order valence-electron chi connectivity index (χ2n) is 6.04. The standard InChI is InChI=1S/C15H24N2O3/c1-10(18)12-5-7-13(8-6-12)16-15(20)14-4-3-9-17(14)11(2)19/h12-14H,3-9H2,1-2H3,(H,16,20)/t12-,13-,14-/m0/s1. The van der Waals surface area contributed by atoms with Gasteiger partial charge >= 0.3 is 0 Å². The van der Waals surface area contributed by atoms with Crippen LogP contribution in [0.2, 0.25) is 0 Å². The normalized spacial score (nSPS) is 30.1. The molecule has 2 amide bonds. The van der Waals surface area contributed by atoms with Crippen LogP contribution < -0.4 is 5.32 Å². The maximum Gasteiger partial charge on any atom is 0.243 e. The fourth-order valence-corrected chi connectivity index (χ4v) is 3.36. The molecule has 1 heterocycles. The van der Waals surface area contributed by atoms with Crippen LogP contribution in [0.25, 0.3) is 0 Å². The van der Waals surface area contributed by atoms with E-state index in [4.69, 9.17) is 0 Å². The number of likely N-dealkylation sites (tertiary alicyclic amines) is 1. The van der Waals surface area contributed by atoms with Gasteiger partial charge in [-0.1, -0.05) is 0 Å². The first-order chi connectivity index (χ1) is 9.49. The molecule has 1 atom stereocenters. The van der Waals surface area contributed by atoms with Crippen molar-refractivity contribution in [3.05, 3.63) is 0 Å². The second-order valence-corrected chi connectivity index (χ2v) is 6.04. The van der Waals surface area contributed by atoms with Gasteiger partial charge in [0.1, 0.15) is 11.8 Å². The zero-order valence-corrected chi connectivity index (χ0v) is 12.4. The van der Waals surface area contributed by atoms with Crippen molar-refractivity contribution in [2.75, 3.05) is 6.54 Å². The minimum Gasteiger partial charge on any atom is -0.352 e. The van der Waals surface area contributed by atoms with E-state index in [2.05, 4.69) is 5.32 Å². The largest absolute Gasteiger partial charge is 0.352 e. The predicted octanol–water partition coefficient (Wildman–Crippen LogP) is 1.26. The highest BCUT2D eigenvalue weighted by atomic mass is 16.2. The lowest BCUT2D eigenvalue weighted by atomic mass is 9.84. The summed E-state index contributed by atoms with van der Waals surface area (Å²) >= 11 is 0. The highest BCUT2D eigenvalue weighted by Gasteiger charge is 2.34. The van der Waals surface area contributed by atoms with Crippen molar-refractivity contribution < 1.29 is 14.4 Å². The van der Waals surface area contributed by atoms with Crippen molar-refractivity contribution >= 4 is 17.6 Å². The van der Waals surface area contributed by atoms with Crippen molar-refractivity contribution in [2.45, 2.75) is 64.5 Å². The number of carbonyl (C=O) groups is 3. The molecule has 0 bridgehead atoms. The Balaban J connectivity index is 1.83. The molecule has 0 aromatic carbocycles. The van der Waals surface area contributed by atoms with Crippen molar-refractivity contribution in [3.63, 3.8) is 0 Å². The molecular weight excluding hydrogens is 256 g/mol. The molecule has 1 N–H and O–H groups in total. The lowest BCUT2D eigenvalue weighted by Crippen LogP contribution is -2.49. The number of ketones is 1. The van der Waals surface area contributed by atoms with E-state index in [1.807, 2.05) is 0 Å². The van der Waals surface area contributed by atoms with Gasteiger partial charge in [0.05, 0.1) is 0 Å². The van der Waals surface area contributed by atoms with E-state index in [-0.39, 0.29) is 35.6 Å². The molecule has 0 aromatic rings. The van der Waals surface area contributed by atoms with Crippen LogP contribution in [0.4, 0.5) is 0 Å². The molecular formula is C15H24N2O3. The average molecular weight is 280 g/mol. The van der Waals surface area contributed by atoms with E-state index in [1.165, 1.54) is 6.92 Å². The van der Waals surface area contributed by atoms with Crippen molar-refractivity contribution in [1.29, 1.82) is 0 Å². The molecule has 1 saturated heterocycles. The third kappa shape index (κ3) is 3.38. The lowest BCUT2D eigenvalue weighted by Gasteiger charge is -2.30. The molecule has 0 aromatic heterocycles. The monoisotopic (exact) mass is 280 g/mol. The fraction of sp³-hybridized carbons (Fsp3) is 0.800. The number of hydrogen-bond acceptors (Lipinski definition) is 3. The molecule has 5 heteroatoms. The van der Waals surface area contributed by atoms with Gasteiger partial charge < -0.3 is 10.2 Å². The van der Waals surface area contributed by atoms with Crippen LogP contribution in [0.15, 0.2) is 0 Å². The summed E-state index contributed by atoms with van der Waals surface area (Å²) in [5, 5.41) is 3.06. The fourth-order valence-electron chi connectivity index (χ4n) is 3.36. The van der Waals surface area contributed by atoms with Gasteiger partial charge in [-0.3, -0.25) is 14.4 Å². The minimum atomic E-state index is -0.293. The summed E-state index contributed by atoms with van der Waals surface area (Å²) in [6, 6.07) is -0.134. The molecule has 0 unspecified atom stereocenters. The Kier molecular flexibility index (Phi) is 4.78. The van der Waals surface area contributed by atoms with Gasteiger partial charge in [0.25, 0.3) is 0 Å². The van der Waals surface area contributed by atoms with E-state index >= 15 is 0 Å². The summed E-state index contributed by atoms with van der Waals surface area (Å²) in [6.45, 7) is 3.85. The Bertz CT molecular complexity index is 400. The Hall–Kier alpha value is -1.39. The quantitative estimate of drug-likeness (QED) is 0.846. The van der Waals surface area contributed by atoms with Crippen LogP contribution in [-0.4, -0.2) is 41.1 Å². The van der Waals surface area contributed by atoms with E-state index in [0.717, 1.165) is 38.5 Å². The summed E-state index contributed by atoms with van der Waals surface area (Å²) < 4.78 is 0. The topological polar surface area (TPSA) is 66.5 Å². The summed E-state index contributed by atoms with van der Waals surface area (Å²) in [5.41, 5.74) is 0. The highest BCUT2D eigenvalue weighted by Crippen LogP contribution is 2.25. The summed E-state index contributed by atoms with van der Waals surface area (Å²) in [5.74, 6) is 0.378. The van der Waals surface area contributed by atoms with Crippen molar-refractivity contribution in [2.24, 2.45) is 5.92 Å². The molecule has 1 saturated carbocycles. The minimum absolute atomic E-state index is 0.0241. The number of carbonyl (C=O) groups excluding carboxylic acids is 3. The van der Waals surface area contributed by atoms with Crippen LogP contribution in [0, 0.1) is 5.92 Å². The van der Waals surface area contributed by atoms with Gasteiger partial charge in [-0.25, -0.2) is 0 Å². The third-order valence-electron chi connectivity index (χ3n) is 4.61. The molecule has 1 aliphatic heterocycles. The molecule has 2 rings (SSSR count). The molecule has 20 heavy (non-hydrogen) atoms. The van der Waals surface area contributed by atoms with Crippen molar-refractivity contribution in [1.82, 2.24) is 10.2 Å². The number of rotatable bonds is 3. The second kappa shape index (κ2) is 6.37. The summed E-state index contributed by atoms with van der Waals surface area (Å²) in [6.07, 6.45) is 5.11. The number of nitrogens with one attached hydrogen (secondary N) is 1. The molecule has 112 valence electrons. The Morgan fingerprint density at radius 1 is 1.00 bits per heavy atom. The maximum absolute atomic E-state index is 12.3. The number of nitrogens with zero attached hydrogens (tertiary/aromatic N) is 1. The van der Waals surface area contributed by atoms with Gasteiger partial charge in [-0.15, -0.1) is 0 Å². The van der Waals surface area contributed by atoms with E-state index < -0.39 is 0 Å². The van der Waals surface area contributed by atoms with Crippen LogP contribution in [-0.2, 0) is 14.4 Å². The smallest absolute Gasteiger partial charge is 0.243 e. The predicted molar refractivity (Wildman–Crippen MR) is 75.0 cm³/mol. The van der Waals surface area contributed by atoms with Crippen LogP contribution in [0.5, 0.6) is 0 Å². The molecule has 5 nitrogen and oxygen atoms in total. The average Bonchev–Trinajstić information content (AvgIpc) is 2.88. The van der Waals surface area contributed by atoms with E-state index in [9.17, 15) is 14.4 Å². The summed E-state index contributed by atoms with van der Waals surface area (Å²) in [7, 11) is 0. The third-order valence-corrected chi connectivity index (χ3v) is 4.61. The Morgan fingerprint density at radius 2 is 1.65 bits per heavy atom. The maximum atomic E-state index is 12.3. The Morgan fingerprint density at radius 3 is 2.20 bits per heavy atom. The van der Waals surface area contributed by atoms with Gasteiger partial charge in [-0.2, -0.15) is 0 Å². The van der Waals surface area contributed by atoms with E-state index in [1.54, 1.807) is 11.8 Å². The van der Waals surface area contributed by atoms with Crippen LogP contribution in [0.3, 0.4) is 0 Å². The molecule has 1 aliphatic carbocycles.